The van der Waals surface area contributed by atoms with Gasteiger partial charge in [0.2, 0.25) is 0 Å². The number of likely N-dealkylation sites (tertiary alicyclic amines) is 1. The molecule has 2 aromatic rings. The van der Waals surface area contributed by atoms with Crippen molar-refractivity contribution >= 4 is 40.6 Å². The van der Waals surface area contributed by atoms with Gasteiger partial charge in [-0.25, -0.2) is 0 Å². The van der Waals surface area contributed by atoms with Crippen LogP contribution in [0.2, 0.25) is 10.0 Å². The molecule has 0 bridgehead atoms. The fraction of sp³-hybridized carbons (Fsp3) is 0.440. The van der Waals surface area contributed by atoms with Gasteiger partial charge < -0.3 is 10.2 Å². The van der Waals surface area contributed by atoms with Crippen LogP contribution < -0.4 is 5.32 Å². The summed E-state index contributed by atoms with van der Waals surface area (Å²) in [5, 5.41) is 4.28. The van der Waals surface area contributed by atoms with Crippen LogP contribution in [-0.2, 0) is 15.1 Å². The molecule has 4 atom stereocenters. The Hall–Kier alpha value is -1.92. The molecule has 166 valence electrons. The second-order valence-corrected chi connectivity index (χ2v) is 10.5. The first-order valence-electron chi connectivity index (χ1n) is 11.3. The van der Waals surface area contributed by atoms with Crippen molar-refractivity contribution in [1.82, 2.24) is 9.80 Å². The van der Waals surface area contributed by atoms with E-state index in [1.807, 2.05) is 43.4 Å². The number of nitrogens with one attached hydrogen (secondary N) is 1. The normalized spacial score (nSPS) is 34.3. The van der Waals surface area contributed by atoms with E-state index in [2.05, 4.69) is 15.1 Å². The molecule has 0 aliphatic carbocycles. The van der Waals surface area contributed by atoms with Crippen molar-refractivity contribution in [2.45, 2.75) is 36.8 Å². The molecule has 0 radical (unpaired) electrons. The van der Waals surface area contributed by atoms with Crippen LogP contribution in [-0.4, -0.2) is 54.2 Å². The van der Waals surface area contributed by atoms with E-state index >= 15 is 0 Å². The number of piperidine rings is 1. The van der Waals surface area contributed by atoms with Gasteiger partial charge in [0.05, 0.1) is 5.41 Å². The third-order valence-electron chi connectivity index (χ3n) is 8.22. The summed E-state index contributed by atoms with van der Waals surface area (Å²) >= 11 is 13.0. The quantitative estimate of drug-likeness (QED) is 0.676. The lowest BCUT2D eigenvalue weighted by Gasteiger charge is -2.50. The summed E-state index contributed by atoms with van der Waals surface area (Å²) in [6, 6.07) is 13.5. The third-order valence-corrected chi connectivity index (χ3v) is 8.78. The van der Waals surface area contributed by atoms with E-state index in [1.54, 1.807) is 6.07 Å². The second kappa shape index (κ2) is 7.04. The minimum atomic E-state index is -1.04. The van der Waals surface area contributed by atoms with Crippen molar-refractivity contribution in [3.8, 4) is 0 Å². The van der Waals surface area contributed by atoms with Gasteiger partial charge in [-0.05, 0) is 50.2 Å². The highest BCUT2D eigenvalue weighted by Crippen LogP contribution is 2.68. The number of hydrogen-bond acceptors (Lipinski definition) is 4. The number of carbonyl (C=O) groups excluding carboxylic acids is 2. The Morgan fingerprint density at radius 1 is 1.09 bits per heavy atom. The molecule has 0 aromatic heterocycles. The zero-order valence-electron chi connectivity index (χ0n) is 17.9. The summed E-state index contributed by atoms with van der Waals surface area (Å²) < 4.78 is 0. The minimum absolute atomic E-state index is 0.0565. The van der Waals surface area contributed by atoms with E-state index in [4.69, 9.17) is 23.2 Å². The molecule has 1 amide bonds. The maximum absolute atomic E-state index is 14.2. The Kier molecular flexibility index (Phi) is 4.55. The Morgan fingerprint density at radius 2 is 1.91 bits per heavy atom. The minimum Gasteiger partial charge on any atom is -0.324 e. The second-order valence-electron chi connectivity index (χ2n) is 9.64. The molecule has 2 aromatic carbocycles. The van der Waals surface area contributed by atoms with E-state index in [1.165, 1.54) is 0 Å². The smallest absolute Gasteiger partial charge is 0.250 e. The highest BCUT2D eigenvalue weighted by Gasteiger charge is 2.77. The number of fused-ring (bicyclic) bond motifs is 5. The van der Waals surface area contributed by atoms with Gasteiger partial charge >= 0.3 is 0 Å². The summed E-state index contributed by atoms with van der Waals surface area (Å²) in [5.41, 5.74) is 0.689. The summed E-state index contributed by atoms with van der Waals surface area (Å²) in [5.74, 6) is -0.114. The van der Waals surface area contributed by atoms with Crippen molar-refractivity contribution in [3.05, 3.63) is 63.6 Å². The van der Waals surface area contributed by atoms with Gasteiger partial charge in [0.1, 0.15) is 11.3 Å². The molecule has 6 rings (SSSR count). The monoisotopic (exact) mass is 469 g/mol. The first-order valence-corrected chi connectivity index (χ1v) is 12.0. The number of amides is 1. The number of benzene rings is 2. The zero-order chi connectivity index (χ0) is 22.3. The lowest BCUT2D eigenvalue weighted by atomic mass is 9.56. The van der Waals surface area contributed by atoms with Crippen molar-refractivity contribution in [3.63, 3.8) is 0 Å². The highest BCUT2D eigenvalue weighted by molar-refractivity contribution is 6.35. The van der Waals surface area contributed by atoms with Crippen LogP contribution in [0.4, 0.5) is 5.69 Å². The molecule has 1 N–H and O–H groups in total. The van der Waals surface area contributed by atoms with Crippen LogP contribution in [0, 0.1) is 5.41 Å². The molecule has 2 spiro atoms. The molecule has 4 heterocycles. The van der Waals surface area contributed by atoms with Gasteiger partial charge in [0.15, 0.2) is 0 Å². The first-order chi connectivity index (χ1) is 15.4. The Morgan fingerprint density at radius 3 is 2.72 bits per heavy atom. The van der Waals surface area contributed by atoms with Crippen molar-refractivity contribution in [1.29, 1.82) is 0 Å². The van der Waals surface area contributed by atoms with Gasteiger partial charge in [-0.15, -0.1) is 0 Å². The van der Waals surface area contributed by atoms with E-state index in [0.717, 1.165) is 36.2 Å². The molecule has 0 saturated carbocycles. The molecular weight excluding hydrogens is 445 g/mol. The fourth-order valence-corrected chi connectivity index (χ4v) is 7.78. The number of rotatable bonds is 1. The predicted molar refractivity (Wildman–Crippen MR) is 125 cm³/mol. The van der Waals surface area contributed by atoms with E-state index in [9.17, 15) is 9.59 Å². The number of Topliss-reactive ketones (excluding diaryl/α,β-unsaturated/α-hetero) is 1. The number of anilines is 1. The predicted octanol–water partition coefficient (Wildman–Crippen LogP) is 4.29. The average molecular weight is 470 g/mol. The zero-order valence-corrected chi connectivity index (χ0v) is 19.4. The van der Waals surface area contributed by atoms with E-state index in [-0.39, 0.29) is 23.7 Å². The number of nitrogens with zero attached hydrogens (tertiary/aromatic N) is 2. The topological polar surface area (TPSA) is 52.7 Å². The largest absolute Gasteiger partial charge is 0.324 e. The SMILES string of the molecule is CN1CCC(=O)[C@]2(C1)[C@@H](c1ccc(Cl)cc1Cl)[C@@H]1CCCN1[C@@]21C(=O)Nc2ccccc21. The lowest BCUT2D eigenvalue weighted by Crippen LogP contribution is -2.65. The molecule has 7 heteroatoms. The number of hydrogen-bond donors (Lipinski definition) is 1. The van der Waals surface area contributed by atoms with E-state index < -0.39 is 11.0 Å². The molecule has 4 aliphatic rings. The fourth-order valence-electron chi connectivity index (χ4n) is 7.26. The van der Waals surface area contributed by atoms with Crippen LogP contribution in [0.1, 0.15) is 36.3 Å². The van der Waals surface area contributed by atoms with Crippen LogP contribution in [0.3, 0.4) is 0 Å². The van der Waals surface area contributed by atoms with Crippen LogP contribution in [0.25, 0.3) is 0 Å². The van der Waals surface area contributed by atoms with Gasteiger partial charge in [0.25, 0.3) is 5.91 Å². The summed E-state index contributed by atoms with van der Waals surface area (Å²) in [7, 11) is 2.05. The molecule has 32 heavy (non-hydrogen) atoms. The number of para-hydroxylation sites is 1. The molecule has 3 saturated heterocycles. The lowest BCUT2D eigenvalue weighted by molar-refractivity contribution is -0.151. The molecule has 5 nitrogen and oxygen atoms in total. The van der Waals surface area contributed by atoms with Crippen molar-refractivity contribution in [2.24, 2.45) is 5.41 Å². The number of halogens is 2. The maximum atomic E-state index is 14.2. The Bertz CT molecular complexity index is 1150. The Labute approximate surface area is 197 Å². The van der Waals surface area contributed by atoms with Crippen LogP contribution in [0.5, 0.6) is 0 Å². The van der Waals surface area contributed by atoms with Crippen LogP contribution >= 0.6 is 23.2 Å². The average Bonchev–Trinajstić information content (AvgIpc) is 3.40. The summed E-state index contributed by atoms with van der Waals surface area (Å²) in [4.78, 5) is 32.8. The third kappa shape index (κ3) is 2.38. The molecule has 4 aliphatic heterocycles. The van der Waals surface area contributed by atoms with Gasteiger partial charge in [-0.1, -0.05) is 47.5 Å². The standard InChI is InChI=1S/C25H25Cl2N3O2/c1-29-12-10-21(31)24(14-29)22(16-9-8-15(26)13-18(16)27)20-7-4-11-30(20)25(24)17-5-2-3-6-19(17)28-23(25)32/h2-3,5-6,8-9,13,20,22H,4,7,10-12,14H2,1H3,(H,28,32)/t20-,22-,24+,25-/m0/s1. The molecule has 0 unspecified atom stereocenters. The highest BCUT2D eigenvalue weighted by atomic mass is 35.5. The first kappa shape index (κ1) is 20.7. The van der Waals surface area contributed by atoms with Gasteiger partial charge in [-0.3, -0.25) is 14.5 Å². The molecule has 3 fully saturated rings. The summed E-state index contributed by atoms with van der Waals surface area (Å²) in [6.45, 7) is 2.00. The summed E-state index contributed by atoms with van der Waals surface area (Å²) in [6.07, 6.45) is 2.35. The maximum Gasteiger partial charge on any atom is 0.250 e. The van der Waals surface area contributed by atoms with Gasteiger partial charge in [0, 0.05) is 52.8 Å². The van der Waals surface area contributed by atoms with E-state index in [0.29, 0.717) is 29.6 Å². The number of carbonyl (C=O) groups is 2. The van der Waals surface area contributed by atoms with Crippen LogP contribution in [0.15, 0.2) is 42.5 Å². The van der Waals surface area contributed by atoms with Crippen molar-refractivity contribution in [2.75, 3.05) is 32.0 Å². The van der Waals surface area contributed by atoms with Crippen molar-refractivity contribution < 1.29 is 9.59 Å². The number of ketones is 1. The Balaban J connectivity index is 1.70. The van der Waals surface area contributed by atoms with Gasteiger partial charge in [-0.2, -0.15) is 0 Å². The molecular formula is C25H25Cl2N3O2.